The summed E-state index contributed by atoms with van der Waals surface area (Å²) >= 11 is 0. The molecule has 0 spiro atoms. The number of aromatic nitrogens is 1. The average molecular weight is 358 g/mol. The molecule has 0 radical (unpaired) electrons. The van der Waals surface area contributed by atoms with Gasteiger partial charge in [-0.3, -0.25) is 0 Å². The van der Waals surface area contributed by atoms with E-state index >= 15 is 0 Å². The maximum absolute atomic E-state index is 12.6. The third kappa shape index (κ3) is 2.96. The third-order valence-electron chi connectivity index (χ3n) is 4.26. The van der Waals surface area contributed by atoms with Gasteiger partial charge < -0.3 is 14.0 Å². The minimum absolute atomic E-state index is 0.164. The second-order valence-electron chi connectivity index (χ2n) is 5.91. The van der Waals surface area contributed by atoms with E-state index in [1.165, 1.54) is 12.1 Å². The topological polar surface area (TPSA) is 69.6 Å². The lowest BCUT2D eigenvalue weighted by atomic mass is 10.2. The highest BCUT2D eigenvalue weighted by molar-refractivity contribution is 7.89. The van der Waals surface area contributed by atoms with Gasteiger partial charge in [-0.1, -0.05) is 18.2 Å². The summed E-state index contributed by atoms with van der Waals surface area (Å²) in [6.45, 7) is 1.11. The average Bonchev–Trinajstić information content (AvgIpc) is 2.96. The van der Waals surface area contributed by atoms with Crippen LogP contribution in [0, 0.1) is 0 Å². The summed E-state index contributed by atoms with van der Waals surface area (Å²) in [6, 6.07) is 12.6. The van der Waals surface area contributed by atoms with Gasteiger partial charge in [0, 0.05) is 36.8 Å². The molecule has 0 amide bonds. The summed E-state index contributed by atoms with van der Waals surface area (Å²) in [5.74, 6) is 1.03. The molecule has 0 unspecified atom stereocenters. The van der Waals surface area contributed by atoms with Crippen LogP contribution in [0.1, 0.15) is 5.56 Å². The zero-order valence-electron chi connectivity index (χ0n) is 13.7. The molecule has 6 nitrogen and oxygen atoms in total. The van der Waals surface area contributed by atoms with Crippen molar-refractivity contribution in [2.24, 2.45) is 7.05 Å². The lowest BCUT2D eigenvalue weighted by Gasteiger charge is -2.18. The SMILES string of the molecule is Cn1cc(CNS(=O)(=O)c2ccc3c(c2)OCCO3)c2ccccc21. The summed E-state index contributed by atoms with van der Waals surface area (Å²) in [4.78, 5) is 0.164. The molecule has 0 saturated carbocycles. The molecule has 0 atom stereocenters. The Balaban J connectivity index is 1.59. The van der Waals surface area contributed by atoms with Gasteiger partial charge in [-0.05, 0) is 23.8 Å². The first kappa shape index (κ1) is 16.0. The Bertz CT molecular complexity index is 1040. The number of rotatable bonds is 4. The quantitative estimate of drug-likeness (QED) is 0.778. The van der Waals surface area contributed by atoms with E-state index in [9.17, 15) is 8.42 Å². The molecule has 4 rings (SSSR count). The van der Waals surface area contributed by atoms with Crippen LogP contribution in [0.3, 0.4) is 0 Å². The van der Waals surface area contributed by atoms with Crippen LogP contribution in [0.5, 0.6) is 11.5 Å². The monoisotopic (exact) mass is 358 g/mol. The Hall–Kier alpha value is -2.51. The number of fused-ring (bicyclic) bond motifs is 2. The van der Waals surface area contributed by atoms with Crippen LogP contribution in [0.2, 0.25) is 0 Å². The fourth-order valence-electron chi connectivity index (χ4n) is 3.01. The van der Waals surface area contributed by atoms with Gasteiger partial charge in [-0.2, -0.15) is 0 Å². The molecule has 2 heterocycles. The number of aryl methyl sites for hydroxylation is 1. The van der Waals surface area contributed by atoms with Crippen molar-refractivity contribution in [2.75, 3.05) is 13.2 Å². The van der Waals surface area contributed by atoms with Crippen LogP contribution in [0.15, 0.2) is 53.6 Å². The van der Waals surface area contributed by atoms with Crippen molar-refractivity contribution in [3.05, 3.63) is 54.2 Å². The van der Waals surface area contributed by atoms with Crippen molar-refractivity contribution in [3.8, 4) is 11.5 Å². The minimum atomic E-state index is -3.65. The molecule has 0 bridgehead atoms. The molecule has 0 aliphatic carbocycles. The number of sulfonamides is 1. The summed E-state index contributed by atoms with van der Waals surface area (Å²) in [5, 5.41) is 1.04. The first-order valence-electron chi connectivity index (χ1n) is 7.97. The van der Waals surface area contributed by atoms with E-state index < -0.39 is 10.0 Å². The Morgan fingerprint density at radius 1 is 1.08 bits per heavy atom. The zero-order chi connectivity index (χ0) is 17.4. The van der Waals surface area contributed by atoms with Crippen molar-refractivity contribution >= 4 is 20.9 Å². The number of nitrogens with one attached hydrogen (secondary N) is 1. The van der Waals surface area contributed by atoms with Crippen LogP contribution < -0.4 is 14.2 Å². The Kier molecular flexibility index (Phi) is 3.89. The highest BCUT2D eigenvalue weighted by atomic mass is 32.2. The van der Waals surface area contributed by atoms with Gasteiger partial charge in [-0.25, -0.2) is 13.1 Å². The van der Waals surface area contributed by atoms with Crippen molar-refractivity contribution in [1.82, 2.24) is 9.29 Å². The van der Waals surface area contributed by atoms with Gasteiger partial charge in [0.2, 0.25) is 10.0 Å². The smallest absolute Gasteiger partial charge is 0.241 e. The number of hydrogen-bond donors (Lipinski definition) is 1. The van der Waals surface area contributed by atoms with Crippen LogP contribution in [-0.4, -0.2) is 26.2 Å². The second-order valence-corrected chi connectivity index (χ2v) is 7.68. The molecule has 2 aromatic carbocycles. The highest BCUT2D eigenvalue weighted by Gasteiger charge is 2.19. The first-order valence-corrected chi connectivity index (χ1v) is 9.45. The van der Waals surface area contributed by atoms with Gasteiger partial charge in [0.1, 0.15) is 13.2 Å². The Labute approximate surface area is 146 Å². The van der Waals surface area contributed by atoms with Crippen molar-refractivity contribution in [2.45, 2.75) is 11.4 Å². The molecule has 1 aliphatic rings. The molecule has 1 N–H and O–H groups in total. The fraction of sp³-hybridized carbons (Fsp3) is 0.222. The zero-order valence-corrected chi connectivity index (χ0v) is 14.5. The molecular weight excluding hydrogens is 340 g/mol. The highest BCUT2D eigenvalue weighted by Crippen LogP contribution is 2.32. The normalized spacial score (nSPS) is 14.0. The van der Waals surface area contributed by atoms with Crippen LogP contribution >= 0.6 is 0 Å². The lowest BCUT2D eigenvalue weighted by Crippen LogP contribution is -2.23. The maximum atomic E-state index is 12.6. The summed E-state index contributed by atoms with van der Waals surface area (Å²) in [6.07, 6.45) is 1.94. The number of benzene rings is 2. The van der Waals surface area contributed by atoms with Crippen molar-refractivity contribution < 1.29 is 17.9 Å². The molecule has 3 aromatic rings. The van der Waals surface area contributed by atoms with E-state index in [1.807, 2.05) is 42.1 Å². The first-order chi connectivity index (χ1) is 12.0. The maximum Gasteiger partial charge on any atom is 0.241 e. The van der Waals surface area contributed by atoms with Gasteiger partial charge >= 0.3 is 0 Å². The van der Waals surface area contributed by atoms with Gasteiger partial charge in [0.15, 0.2) is 11.5 Å². The van der Waals surface area contributed by atoms with Gasteiger partial charge in [-0.15, -0.1) is 0 Å². The lowest BCUT2D eigenvalue weighted by molar-refractivity contribution is 0.171. The standard InChI is InChI=1S/C18H18N2O4S/c1-20-12-13(15-4-2-3-5-16(15)20)11-19-25(21,22)14-6-7-17-18(10-14)24-9-8-23-17/h2-7,10,12,19H,8-9,11H2,1H3. The molecule has 1 aliphatic heterocycles. The Morgan fingerprint density at radius 2 is 1.84 bits per heavy atom. The molecule has 0 saturated heterocycles. The predicted molar refractivity (Wildman–Crippen MR) is 94.4 cm³/mol. The van der Waals surface area contributed by atoms with Crippen LogP contribution in [0.4, 0.5) is 0 Å². The molecular formula is C18H18N2O4S. The van der Waals surface area contributed by atoms with E-state index in [0.717, 1.165) is 16.5 Å². The molecule has 7 heteroatoms. The minimum Gasteiger partial charge on any atom is -0.486 e. The van der Waals surface area contributed by atoms with E-state index in [0.29, 0.717) is 24.7 Å². The summed E-state index contributed by atoms with van der Waals surface area (Å²) < 4.78 is 40.8. The summed E-state index contributed by atoms with van der Waals surface area (Å²) in [5.41, 5.74) is 2.00. The Morgan fingerprint density at radius 3 is 2.68 bits per heavy atom. The number of nitrogens with zero attached hydrogens (tertiary/aromatic N) is 1. The molecule has 25 heavy (non-hydrogen) atoms. The van der Waals surface area contributed by atoms with Crippen molar-refractivity contribution in [1.29, 1.82) is 0 Å². The number of para-hydroxylation sites is 1. The molecule has 1 aromatic heterocycles. The third-order valence-corrected chi connectivity index (χ3v) is 5.65. The molecule has 130 valence electrons. The van der Waals surface area contributed by atoms with E-state index in [4.69, 9.17) is 9.47 Å². The van der Waals surface area contributed by atoms with Crippen LogP contribution in [-0.2, 0) is 23.6 Å². The van der Waals surface area contributed by atoms with Crippen LogP contribution in [0.25, 0.3) is 10.9 Å². The van der Waals surface area contributed by atoms with Crippen molar-refractivity contribution in [3.63, 3.8) is 0 Å². The van der Waals surface area contributed by atoms with E-state index in [1.54, 1.807) is 6.07 Å². The fourth-order valence-corrected chi connectivity index (χ4v) is 4.03. The second kappa shape index (κ2) is 6.09. The number of ether oxygens (including phenoxy) is 2. The van der Waals surface area contributed by atoms with E-state index in [2.05, 4.69) is 4.72 Å². The van der Waals surface area contributed by atoms with E-state index in [-0.39, 0.29) is 11.4 Å². The summed E-state index contributed by atoms with van der Waals surface area (Å²) in [7, 11) is -1.70. The van der Waals surface area contributed by atoms with Gasteiger partial charge in [0.25, 0.3) is 0 Å². The number of hydrogen-bond acceptors (Lipinski definition) is 4. The van der Waals surface area contributed by atoms with Gasteiger partial charge in [0.05, 0.1) is 4.90 Å². The molecule has 0 fully saturated rings. The largest absolute Gasteiger partial charge is 0.486 e. The predicted octanol–water partition coefficient (Wildman–Crippen LogP) is 2.43.